The highest BCUT2D eigenvalue weighted by atomic mass is 16.1. The lowest BCUT2D eigenvalue weighted by Crippen LogP contribution is -2.22. The molecule has 3 N–H and O–H groups in total. The monoisotopic (exact) mass is 254 g/mol. The summed E-state index contributed by atoms with van der Waals surface area (Å²) in [6.07, 6.45) is 0. The van der Waals surface area contributed by atoms with Gasteiger partial charge in [-0.1, -0.05) is 29.8 Å². The van der Waals surface area contributed by atoms with Crippen LogP contribution in [-0.2, 0) is 6.54 Å². The Morgan fingerprint density at radius 3 is 2.42 bits per heavy atom. The van der Waals surface area contributed by atoms with Crippen molar-refractivity contribution in [3.63, 3.8) is 0 Å². The molecule has 0 aliphatic heterocycles. The molecule has 0 aliphatic carbocycles. The number of aryl methyl sites for hydroxylation is 2. The van der Waals surface area contributed by atoms with Gasteiger partial charge in [0.1, 0.15) is 0 Å². The lowest BCUT2D eigenvalue weighted by molar-refractivity contribution is 0.0951. The summed E-state index contributed by atoms with van der Waals surface area (Å²) >= 11 is 0. The molecule has 0 atom stereocenters. The van der Waals surface area contributed by atoms with E-state index in [1.54, 1.807) is 18.2 Å². The first-order valence-electron chi connectivity index (χ1n) is 6.26. The van der Waals surface area contributed by atoms with Gasteiger partial charge in [-0.3, -0.25) is 4.79 Å². The third-order valence-electron chi connectivity index (χ3n) is 3.11. The minimum atomic E-state index is -0.0799. The number of hydrogen-bond acceptors (Lipinski definition) is 2. The molecular weight excluding hydrogens is 236 g/mol. The summed E-state index contributed by atoms with van der Waals surface area (Å²) in [6.45, 7) is 4.47. The van der Waals surface area contributed by atoms with Crippen molar-refractivity contribution in [1.82, 2.24) is 5.32 Å². The molecule has 3 nitrogen and oxygen atoms in total. The standard InChI is InChI=1S/C16H18N2O/c1-11-3-5-13(6-4-11)10-18-16(19)14-7-8-15(17)12(2)9-14/h3-9H,10,17H2,1-2H3,(H,18,19). The molecule has 98 valence electrons. The fourth-order valence-corrected chi connectivity index (χ4v) is 1.81. The molecule has 0 fully saturated rings. The van der Waals surface area contributed by atoms with E-state index in [1.165, 1.54) is 5.56 Å². The first kappa shape index (κ1) is 13.1. The Kier molecular flexibility index (Phi) is 3.85. The van der Waals surface area contributed by atoms with Crippen molar-refractivity contribution in [2.45, 2.75) is 20.4 Å². The minimum absolute atomic E-state index is 0.0799. The van der Waals surface area contributed by atoms with Gasteiger partial charge in [-0.2, -0.15) is 0 Å². The van der Waals surface area contributed by atoms with Crippen molar-refractivity contribution in [2.75, 3.05) is 5.73 Å². The van der Waals surface area contributed by atoms with Crippen molar-refractivity contribution < 1.29 is 4.79 Å². The van der Waals surface area contributed by atoms with Crippen LogP contribution in [0.25, 0.3) is 0 Å². The van der Waals surface area contributed by atoms with E-state index < -0.39 is 0 Å². The largest absolute Gasteiger partial charge is 0.399 e. The minimum Gasteiger partial charge on any atom is -0.399 e. The first-order chi connectivity index (χ1) is 9.06. The molecular formula is C16H18N2O. The second kappa shape index (κ2) is 5.57. The lowest BCUT2D eigenvalue weighted by atomic mass is 10.1. The van der Waals surface area contributed by atoms with Crippen molar-refractivity contribution in [3.8, 4) is 0 Å². The fourth-order valence-electron chi connectivity index (χ4n) is 1.81. The molecule has 0 radical (unpaired) electrons. The van der Waals surface area contributed by atoms with Crippen LogP contribution in [0.4, 0.5) is 5.69 Å². The maximum Gasteiger partial charge on any atom is 0.251 e. The molecule has 0 aromatic heterocycles. The average Bonchev–Trinajstić information content (AvgIpc) is 2.41. The zero-order valence-electron chi connectivity index (χ0n) is 11.2. The summed E-state index contributed by atoms with van der Waals surface area (Å²) < 4.78 is 0. The molecule has 0 aliphatic rings. The third-order valence-corrected chi connectivity index (χ3v) is 3.11. The van der Waals surface area contributed by atoms with Crippen LogP contribution in [0.3, 0.4) is 0 Å². The van der Waals surface area contributed by atoms with Gasteiger partial charge in [0.2, 0.25) is 0 Å². The number of rotatable bonds is 3. The maximum atomic E-state index is 12.0. The molecule has 19 heavy (non-hydrogen) atoms. The number of anilines is 1. The molecule has 0 bridgehead atoms. The average molecular weight is 254 g/mol. The van der Waals surface area contributed by atoms with Crippen molar-refractivity contribution >= 4 is 11.6 Å². The number of carbonyl (C=O) groups excluding carboxylic acids is 1. The Balaban J connectivity index is 2.01. The van der Waals surface area contributed by atoms with Crippen LogP contribution >= 0.6 is 0 Å². The molecule has 3 heteroatoms. The summed E-state index contributed by atoms with van der Waals surface area (Å²) in [5.41, 5.74) is 10.3. The van der Waals surface area contributed by atoms with Gasteiger partial charge < -0.3 is 11.1 Å². The Morgan fingerprint density at radius 2 is 1.79 bits per heavy atom. The quantitative estimate of drug-likeness (QED) is 0.827. The summed E-state index contributed by atoms with van der Waals surface area (Å²) in [4.78, 5) is 12.0. The van der Waals surface area contributed by atoms with Crippen LogP contribution in [-0.4, -0.2) is 5.91 Å². The SMILES string of the molecule is Cc1ccc(CNC(=O)c2ccc(N)c(C)c2)cc1. The van der Waals surface area contributed by atoms with E-state index in [4.69, 9.17) is 5.73 Å². The van der Waals surface area contributed by atoms with Gasteiger partial charge in [0.15, 0.2) is 0 Å². The zero-order chi connectivity index (χ0) is 13.8. The highest BCUT2D eigenvalue weighted by Gasteiger charge is 2.06. The van der Waals surface area contributed by atoms with Gasteiger partial charge in [0.25, 0.3) is 5.91 Å². The summed E-state index contributed by atoms with van der Waals surface area (Å²) in [5, 5.41) is 2.90. The molecule has 2 rings (SSSR count). The number of nitrogen functional groups attached to an aromatic ring is 1. The number of nitrogens with two attached hydrogens (primary N) is 1. The maximum absolute atomic E-state index is 12.0. The number of benzene rings is 2. The van der Waals surface area contributed by atoms with Gasteiger partial charge >= 0.3 is 0 Å². The molecule has 2 aromatic carbocycles. The number of nitrogens with one attached hydrogen (secondary N) is 1. The predicted octanol–water partition coefficient (Wildman–Crippen LogP) is 2.82. The third kappa shape index (κ3) is 3.35. The van der Waals surface area contributed by atoms with Crippen molar-refractivity contribution in [1.29, 1.82) is 0 Å². The number of hydrogen-bond donors (Lipinski definition) is 2. The molecule has 0 saturated heterocycles. The van der Waals surface area contributed by atoms with Crippen LogP contribution < -0.4 is 11.1 Å². The molecule has 0 unspecified atom stereocenters. The topological polar surface area (TPSA) is 55.1 Å². The molecule has 1 amide bonds. The number of carbonyl (C=O) groups is 1. The van der Waals surface area contributed by atoms with E-state index in [2.05, 4.69) is 5.32 Å². The Morgan fingerprint density at radius 1 is 1.11 bits per heavy atom. The summed E-state index contributed by atoms with van der Waals surface area (Å²) in [5.74, 6) is -0.0799. The van der Waals surface area contributed by atoms with Gasteiger partial charge in [-0.15, -0.1) is 0 Å². The fraction of sp³-hybridized carbons (Fsp3) is 0.188. The normalized spacial score (nSPS) is 10.2. The van der Waals surface area contributed by atoms with E-state index in [9.17, 15) is 4.79 Å². The highest BCUT2D eigenvalue weighted by molar-refractivity contribution is 5.94. The Bertz CT molecular complexity index is 588. The van der Waals surface area contributed by atoms with E-state index >= 15 is 0 Å². The van der Waals surface area contributed by atoms with Crippen LogP contribution in [0.15, 0.2) is 42.5 Å². The smallest absolute Gasteiger partial charge is 0.251 e. The Hall–Kier alpha value is -2.29. The van der Waals surface area contributed by atoms with Crippen LogP contribution in [0.1, 0.15) is 27.0 Å². The number of amides is 1. The second-order valence-electron chi connectivity index (χ2n) is 4.74. The van der Waals surface area contributed by atoms with E-state index in [0.717, 1.165) is 11.1 Å². The summed E-state index contributed by atoms with van der Waals surface area (Å²) in [6, 6.07) is 13.4. The van der Waals surface area contributed by atoms with E-state index in [0.29, 0.717) is 17.8 Å². The van der Waals surface area contributed by atoms with Gasteiger partial charge in [-0.25, -0.2) is 0 Å². The molecule has 0 heterocycles. The van der Waals surface area contributed by atoms with E-state index in [1.807, 2.05) is 38.1 Å². The van der Waals surface area contributed by atoms with Gasteiger partial charge in [-0.05, 0) is 43.2 Å². The van der Waals surface area contributed by atoms with Crippen molar-refractivity contribution in [2.24, 2.45) is 0 Å². The van der Waals surface area contributed by atoms with Crippen LogP contribution in [0.5, 0.6) is 0 Å². The highest BCUT2D eigenvalue weighted by Crippen LogP contribution is 2.12. The zero-order valence-corrected chi connectivity index (χ0v) is 11.2. The summed E-state index contributed by atoms with van der Waals surface area (Å²) in [7, 11) is 0. The van der Waals surface area contributed by atoms with Crippen molar-refractivity contribution in [3.05, 3.63) is 64.7 Å². The lowest BCUT2D eigenvalue weighted by Gasteiger charge is -2.07. The van der Waals surface area contributed by atoms with E-state index in [-0.39, 0.29) is 5.91 Å². The van der Waals surface area contributed by atoms with Gasteiger partial charge in [0, 0.05) is 17.8 Å². The van der Waals surface area contributed by atoms with Crippen LogP contribution in [0, 0.1) is 13.8 Å². The Labute approximate surface area is 113 Å². The van der Waals surface area contributed by atoms with Gasteiger partial charge in [0.05, 0.1) is 0 Å². The predicted molar refractivity (Wildman–Crippen MR) is 77.9 cm³/mol. The van der Waals surface area contributed by atoms with Crippen LogP contribution in [0.2, 0.25) is 0 Å². The first-order valence-corrected chi connectivity index (χ1v) is 6.26. The second-order valence-corrected chi connectivity index (χ2v) is 4.74. The molecule has 0 spiro atoms. The molecule has 0 saturated carbocycles. The molecule has 2 aromatic rings.